The molecule has 0 radical (unpaired) electrons. The zero-order chi connectivity index (χ0) is 21.8. The molecule has 0 N–H and O–H groups in total. The predicted molar refractivity (Wildman–Crippen MR) is 129 cm³/mol. The summed E-state index contributed by atoms with van der Waals surface area (Å²) in [7, 11) is 0. The van der Waals surface area contributed by atoms with Crippen molar-refractivity contribution >= 4 is 10.9 Å². The molecule has 2 aliphatic heterocycles. The van der Waals surface area contributed by atoms with Gasteiger partial charge in [0.15, 0.2) is 0 Å². The number of rotatable bonds is 6. The first-order valence-electron chi connectivity index (χ1n) is 11.9. The fraction of sp³-hybridized carbons (Fsp3) is 0.444. The summed E-state index contributed by atoms with van der Waals surface area (Å²) in [6.07, 6.45) is 4.37. The Kier molecular flexibility index (Phi) is 6.67. The SMILES string of the molecule is Cc1c(-c2ccc(OC3CCN(CCN4CCOCC4)CC3)cc2)ccc2cccnc12. The van der Waals surface area contributed by atoms with Gasteiger partial charge in [0.05, 0.1) is 18.7 Å². The van der Waals surface area contributed by atoms with E-state index in [1.807, 2.05) is 12.3 Å². The summed E-state index contributed by atoms with van der Waals surface area (Å²) in [5.74, 6) is 0.970. The zero-order valence-electron chi connectivity index (χ0n) is 19.0. The van der Waals surface area contributed by atoms with Crippen LogP contribution in [0, 0.1) is 6.92 Å². The lowest BCUT2D eigenvalue weighted by atomic mass is 9.98. The van der Waals surface area contributed by atoms with E-state index in [2.05, 4.69) is 64.2 Å². The summed E-state index contributed by atoms with van der Waals surface area (Å²) >= 11 is 0. The molecule has 0 amide bonds. The van der Waals surface area contributed by atoms with E-state index in [1.54, 1.807) is 0 Å². The third kappa shape index (κ3) is 4.96. The van der Waals surface area contributed by atoms with E-state index in [0.29, 0.717) is 6.10 Å². The van der Waals surface area contributed by atoms with Crippen LogP contribution in [-0.4, -0.2) is 73.4 Å². The normalized spacial score (nSPS) is 18.8. The van der Waals surface area contributed by atoms with Crippen LogP contribution in [0.15, 0.2) is 54.7 Å². The first kappa shape index (κ1) is 21.4. The molecule has 0 saturated carbocycles. The van der Waals surface area contributed by atoms with Gasteiger partial charge >= 0.3 is 0 Å². The van der Waals surface area contributed by atoms with E-state index < -0.39 is 0 Å². The molecule has 5 rings (SSSR count). The van der Waals surface area contributed by atoms with Gasteiger partial charge in [-0.3, -0.25) is 9.88 Å². The third-order valence-corrected chi connectivity index (χ3v) is 6.87. The molecule has 3 heterocycles. The van der Waals surface area contributed by atoms with Crippen LogP contribution in [-0.2, 0) is 4.74 Å². The molecule has 3 aromatic rings. The second-order valence-electron chi connectivity index (χ2n) is 8.95. The molecule has 0 bridgehead atoms. The van der Waals surface area contributed by atoms with E-state index in [0.717, 1.165) is 76.6 Å². The Hall–Kier alpha value is -2.47. The Balaban J connectivity index is 1.14. The summed E-state index contributed by atoms with van der Waals surface area (Å²) in [4.78, 5) is 9.66. The number of morpholine rings is 1. The van der Waals surface area contributed by atoms with Gasteiger partial charge in [0.1, 0.15) is 11.9 Å². The Bertz CT molecular complexity index is 1020. The number of aryl methyl sites for hydroxylation is 1. The number of piperidine rings is 1. The van der Waals surface area contributed by atoms with Crippen molar-refractivity contribution in [2.24, 2.45) is 0 Å². The quantitative estimate of drug-likeness (QED) is 0.579. The average Bonchev–Trinajstić information content (AvgIpc) is 2.85. The number of pyridine rings is 1. The lowest BCUT2D eigenvalue weighted by Crippen LogP contribution is -2.44. The maximum absolute atomic E-state index is 6.32. The molecule has 0 spiro atoms. The molecule has 2 saturated heterocycles. The van der Waals surface area contributed by atoms with Crippen molar-refractivity contribution in [1.29, 1.82) is 0 Å². The summed E-state index contributed by atoms with van der Waals surface area (Å²) < 4.78 is 11.8. The molecule has 1 aromatic heterocycles. The molecule has 0 aliphatic carbocycles. The van der Waals surface area contributed by atoms with Gasteiger partial charge < -0.3 is 14.4 Å². The molecule has 2 aromatic carbocycles. The maximum atomic E-state index is 6.32. The number of hydrogen-bond donors (Lipinski definition) is 0. The molecular weight excluding hydrogens is 398 g/mol. The summed E-state index contributed by atoms with van der Waals surface area (Å²) in [6, 6.07) is 17.0. The lowest BCUT2D eigenvalue weighted by molar-refractivity contribution is 0.0289. The monoisotopic (exact) mass is 431 g/mol. The molecule has 2 aliphatic rings. The van der Waals surface area contributed by atoms with Crippen LogP contribution in [0.2, 0.25) is 0 Å². The fourth-order valence-electron chi connectivity index (χ4n) is 4.87. The van der Waals surface area contributed by atoms with Crippen molar-refractivity contribution in [1.82, 2.24) is 14.8 Å². The van der Waals surface area contributed by atoms with Crippen LogP contribution in [0.4, 0.5) is 0 Å². The molecule has 32 heavy (non-hydrogen) atoms. The van der Waals surface area contributed by atoms with Crippen molar-refractivity contribution in [3.63, 3.8) is 0 Å². The zero-order valence-corrected chi connectivity index (χ0v) is 19.0. The van der Waals surface area contributed by atoms with E-state index in [-0.39, 0.29) is 0 Å². The van der Waals surface area contributed by atoms with Crippen molar-refractivity contribution in [3.05, 3.63) is 60.3 Å². The molecule has 0 atom stereocenters. The van der Waals surface area contributed by atoms with Crippen LogP contribution < -0.4 is 4.74 Å². The van der Waals surface area contributed by atoms with Crippen LogP contribution in [0.1, 0.15) is 18.4 Å². The molecule has 0 unspecified atom stereocenters. The Labute approximate surface area is 191 Å². The van der Waals surface area contributed by atoms with Gasteiger partial charge in [0.25, 0.3) is 0 Å². The second-order valence-corrected chi connectivity index (χ2v) is 8.95. The molecule has 168 valence electrons. The predicted octanol–water partition coefficient (Wildman–Crippen LogP) is 4.39. The van der Waals surface area contributed by atoms with Gasteiger partial charge in [-0.2, -0.15) is 0 Å². The van der Waals surface area contributed by atoms with E-state index in [4.69, 9.17) is 9.47 Å². The van der Waals surface area contributed by atoms with Gasteiger partial charge in [-0.15, -0.1) is 0 Å². The number of hydrogen-bond acceptors (Lipinski definition) is 5. The van der Waals surface area contributed by atoms with E-state index >= 15 is 0 Å². The standard InChI is InChI=1S/C27H33N3O2/c1-21-26(9-6-23-3-2-12-28-27(21)23)22-4-7-24(8-5-22)32-25-10-13-29(14-11-25)15-16-30-17-19-31-20-18-30/h2-9,12,25H,10-11,13-20H2,1H3. The third-order valence-electron chi connectivity index (χ3n) is 6.87. The number of aromatic nitrogens is 1. The van der Waals surface area contributed by atoms with Gasteiger partial charge in [-0.1, -0.05) is 30.3 Å². The first-order valence-corrected chi connectivity index (χ1v) is 11.9. The maximum Gasteiger partial charge on any atom is 0.119 e. The van der Waals surface area contributed by atoms with Crippen molar-refractivity contribution in [2.45, 2.75) is 25.9 Å². The van der Waals surface area contributed by atoms with Crippen molar-refractivity contribution < 1.29 is 9.47 Å². The van der Waals surface area contributed by atoms with Gasteiger partial charge in [-0.25, -0.2) is 0 Å². The van der Waals surface area contributed by atoms with Crippen LogP contribution in [0.25, 0.3) is 22.0 Å². The Morgan fingerprint density at radius 1 is 0.906 bits per heavy atom. The summed E-state index contributed by atoms with van der Waals surface area (Å²) in [5, 5.41) is 1.19. The number of fused-ring (bicyclic) bond motifs is 1. The van der Waals surface area contributed by atoms with E-state index in [1.165, 1.54) is 22.1 Å². The lowest BCUT2D eigenvalue weighted by Gasteiger charge is -2.34. The summed E-state index contributed by atoms with van der Waals surface area (Å²) in [5.41, 5.74) is 4.74. The Morgan fingerprint density at radius 3 is 2.38 bits per heavy atom. The highest BCUT2D eigenvalue weighted by Gasteiger charge is 2.21. The number of likely N-dealkylation sites (tertiary alicyclic amines) is 1. The number of benzene rings is 2. The highest BCUT2D eigenvalue weighted by molar-refractivity contribution is 5.88. The molecular formula is C27H33N3O2. The van der Waals surface area contributed by atoms with Gasteiger partial charge in [0.2, 0.25) is 0 Å². The minimum absolute atomic E-state index is 0.312. The second kappa shape index (κ2) is 9.99. The van der Waals surface area contributed by atoms with Crippen LogP contribution >= 0.6 is 0 Å². The topological polar surface area (TPSA) is 37.8 Å². The van der Waals surface area contributed by atoms with Crippen LogP contribution in [0.3, 0.4) is 0 Å². The van der Waals surface area contributed by atoms with Crippen LogP contribution in [0.5, 0.6) is 5.75 Å². The highest BCUT2D eigenvalue weighted by atomic mass is 16.5. The smallest absolute Gasteiger partial charge is 0.119 e. The molecule has 5 heteroatoms. The molecule has 5 nitrogen and oxygen atoms in total. The highest BCUT2D eigenvalue weighted by Crippen LogP contribution is 2.30. The minimum Gasteiger partial charge on any atom is -0.490 e. The molecule has 2 fully saturated rings. The fourth-order valence-corrected chi connectivity index (χ4v) is 4.87. The van der Waals surface area contributed by atoms with Crippen molar-refractivity contribution in [3.8, 4) is 16.9 Å². The largest absolute Gasteiger partial charge is 0.490 e. The van der Waals surface area contributed by atoms with Gasteiger partial charge in [-0.05, 0) is 54.7 Å². The number of ether oxygens (including phenoxy) is 2. The number of nitrogens with zero attached hydrogens (tertiary/aromatic N) is 3. The average molecular weight is 432 g/mol. The first-order chi connectivity index (χ1) is 15.8. The Morgan fingerprint density at radius 2 is 1.62 bits per heavy atom. The van der Waals surface area contributed by atoms with E-state index in [9.17, 15) is 0 Å². The van der Waals surface area contributed by atoms with Gasteiger partial charge in [0, 0.05) is 50.9 Å². The van der Waals surface area contributed by atoms with Crippen molar-refractivity contribution in [2.75, 3.05) is 52.5 Å². The minimum atomic E-state index is 0.312. The summed E-state index contributed by atoms with van der Waals surface area (Å²) in [6.45, 7) is 10.6.